The molecule has 0 atom stereocenters. The molecule has 6 heteroatoms. The number of nitrogens with zero attached hydrogens (tertiary/aromatic N) is 2. The van der Waals surface area contributed by atoms with E-state index >= 15 is 0 Å². The van der Waals surface area contributed by atoms with Gasteiger partial charge in [0.05, 0.1) is 12.1 Å². The van der Waals surface area contributed by atoms with Crippen LogP contribution in [0.15, 0.2) is 12.1 Å². The second-order valence-electron chi connectivity index (χ2n) is 4.11. The number of ether oxygens (including phenoxy) is 1. The topological polar surface area (TPSA) is 90.1 Å². The van der Waals surface area contributed by atoms with Gasteiger partial charge in [-0.15, -0.1) is 10.2 Å². The predicted molar refractivity (Wildman–Crippen MR) is 60.1 cm³/mol. The summed E-state index contributed by atoms with van der Waals surface area (Å²) in [6.07, 6.45) is 0. The summed E-state index contributed by atoms with van der Waals surface area (Å²) < 4.78 is 5.06. The quantitative estimate of drug-likeness (QED) is 0.756. The van der Waals surface area contributed by atoms with E-state index in [1.807, 2.05) is 13.8 Å². The van der Waals surface area contributed by atoms with Gasteiger partial charge in [-0.05, 0) is 26.0 Å². The van der Waals surface area contributed by atoms with Gasteiger partial charge in [0.25, 0.3) is 5.91 Å². The molecule has 1 amide bonds. The lowest BCUT2D eigenvalue weighted by Crippen LogP contribution is -2.36. The Morgan fingerprint density at radius 3 is 2.62 bits per heavy atom. The molecule has 1 aromatic heterocycles. The van der Waals surface area contributed by atoms with E-state index in [1.54, 1.807) is 13.2 Å². The highest BCUT2D eigenvalue weighted by molar-refractivity contribution is 5.90. The molecule has 0 aliphatic carbocycles. The zero-order chi connectivity index (χ0) is 12.2. The molecule has 6 nitrogen and oxygen atoms in total. The Kier molecular flexibility index (Phi) is 3.78. The van der Waals surface area contributed by atoms with Gasteiger partial charge in [0.2, 0.25) is 0 Å². The van der Waals surface area contributed by atoms with Gasteiger partial charge >= 0.3 is 0 Å². The van der Waals surface area contributed by atoms with Crippen LogP contribution < -0.4 is 11.1 Å². The predicted octanol–water partition coefficient (Wildman–Crippen LogP) is 0.412. The van der Waals surface area contributed by atoms with Gasteiger partial charge in [-0.1, -0.05) is 0 Å². The first-order valence-electron chi connectivity index (χ1n) is 4.85. The number of amides is 1. The Labute approximate surface area is 94.2 Å². The standard InChI is InChI=1S/C10H16N4O2/c1-10(2,6-16-3)12-8-5-4-7(9(11)15)13-14-8/h4-5H,6H2,1-3H3,(H2,11,15)(H,12,14). The fourth-order valence-corrected chi connectivity index (χ4v) is 1.27. The third-order valence-electron chi connectivity index (χ3n) is 1.89. The molecule has 0 saturated heterocycles. The number of primary amides is 1. The van der Waals surface area contributed by atoms with Gasteiger partial charge in [-0.2, -0.15) is 0 Å². The van der Waals surface area contributed by atoms with Crippen molar-refractivity contribution in [3.05, 3.63) is 17.8 Å². The summed E-state index contributed by atoms with van der Waals surface area (Å²) in [4.78, 5) is 10.8. The van der Waals surface area contributed by atoms with Gasteiger partial charge in [-0.3, -0.25) is 4.79 Å². The van der Waals surface area contributed by atoms with Gasteiger partial charge < -0.3 is 15.8 Å². The third-order valence-corrected chi connectivity index (χ3v) is 1.89. The molecule has 3 N–H and O–H groups in total. The molecule has 0 aliphatic rings. The van der Waals surface area contributed by atoms with Crippen molar-refractivity contribution >= 4 is 11.7 Å². The van der Waals surface area contributed by atoms with Gasteiger partial charge in [-0.25, -0.2) is 0 Å². The minimum absolute atomic E-state index is 0.148. The zero-order valence-electron chi connectivity index (χ0n) is 9.65. The molecule has 1 heterocycles. The van der Waals surface area contributed by atoms with Crippen LogP contribution in [0.3, 0.4) is 0 Å². The van der Waals surface area contributed by atoms with E-state index in [-0.39, 0.29) is 11.2 Å². The van der Waals surface area contributed by atoms with Crippen LogP contribution in [0.1, 0.15) is 24.3 Å². The van der Waals surface area contributed by atoms with E-state index in [0.29, 0.717) is 12.4 Å². The van der Waals surface area contributed by atoms with E-state index in [9.17, 15) is 4.79 Å². The molecule has 0 spiro atoms. The van der Waals surface area contributed by atoms with E-state index in [2.05, 4.69) is 15.5 Å². The number of carbonyl (C=O) groups excluding carboxylic acids is 1. The Morgan fingerprint density at radius 2 is 2.19 bits per heavy atom. The second kappa shape index (κ2) is 4.89. The first kappa shape index (κ1) is 12.4. The van der Waals surface area contributed by atoms with E-state index in [4.69, 9.17) is 10.5 Å². The number of anilines is 1. The van der Waals surface area contributed by atoms with E-state index in [0.717, 1.165) is 0 Å². The fourth-order valence-electron chi connectivity index (χ4n) is 1.27. The van der Waals surface area contributed by atoms with Crippen LogP contribution >= 0.6 is 0 Å². The summed E-state index contributed by atoms with van der Waals surface area (Å²) in [5.74, 6) is -0.0118. The molecular formula is C10H16N4O2. The first-order valence-corrected chi connectivity index (χ1v) is 4.85. The highest BCUT2D eigenvalue weighted by atomic mass is 16.5. The van der Waals surface area contributed by atoms with Gasteiger partial charge in [0.1, 0.15) is 5.82 Å². The van der Waals surface area contributed by atoms with E-state index in [1.165, 1.54) is 6.07 Å². The molecule has 88 valence electrons. The van der Waals surface area contributed by atoms with Crippen LogP contribution in [0.5, 0.6) is 0 Å². The minimum Gasteiger partial charge on any atom is -0.382 e. The molecular weight excluding hydrogens is 208 g/mol. The number of nitrogens with one attached hydrogen (secondary N) is 1. The van der Waals surface area contributed by atoms with Crippen LogP contribution in [-0.4, -0.2) is 35.4 Å². The molecule has 0 aliphatic heterocycles. The van der Waals surface area contributed by atoms with Crippen molar-refractivity contribution in [3.8, 4) is 0 Å². The highest BCUT2D eigenvalue weighted by Crippen LogP contribution is 2.12. The van der Waals surface area contributed by atoms with E-state index < -0.39 is 5.91 Å². The summed E-state index contributed by atoms with van der Waals surface area (Å²) in [6, 6.07) is 3.19. The smallest absolute Gasteiger partial charge is 0.269 e. The summed E-state index contributed by atoms with van der Waals surface area (Å²) in [5, 5.41) is 10.7. The molecule has 0 radical (unpaired) electrons. The average Bonchev–Trinajstić information content (AvgIpc) is 2.17. The van der Waals surface area contributed by atoms with Crippen molar-refractivity contribution in [2.24, 2.45) is 5.73 Å². The van der Waals surface area contributed by atoms with Crippen LogP contribution in [0.4, 0.5) is 5.82 Å². The zero-order valence-corrected chi connectivity index (χ0v) is 9.65. The number of hydrogen-bond acceptors (Lipinski definition) is 5. The van der Waals surface area contributed by atoms with Crippen molar-refractivity contribution in [3.63, 3.8) is 0 Å². The summed E-state index contributed by atoms with van der Waals surface area (Å²) in [5.41, 5.74) is 4.95. The minimum atomic E-state index is -0.588. The second-order valence-corrected chi connectivity index (χ2v) is 4.11. The number of rotatable bonds is 5. The highest BCUT2D eigenvalue weighted by Gasteiger charge is 2.17. The number of nitrogens with two attached hydrogens (primary N) is 1. The molecule has 0 fully saturated rings. The number of carbonyl (C=O) groups is 1. The summed E-state index contributed by atoms with van der Waals surface area (Å²) in [7, 11) is 1.63. The van der Waals surface area contributed by atoms with Crippen LogP contribution in [0, 0.1) is 0 Å². The largest absolute Gasteiger partial charge is 0.382 e. The molecule has 0 unspecified atom stereocenters. The van der Waals surface area contributed by atoms with Crippen molar-refractivity contribution in [2.45, 2.75) is 19.4 Å². The maximum Gasteiger partial charge on any atom is 0.269 e. The molecule has 0 aromatic carbocycles. The Balaban J connectivity index is 2.72. The van der Waals surface area contributed by atoms with Crippen LogP contribution in [0.2, 0.25) is 0 Å². The lowest BCUT2D eigenvalue weighted by Gasteiger charge is -2.25. The summed E-state index contributed by atoms with van der Waals surface area (Å²) >= 11 is 0. The van der Waals surface area contributed by atoms with Crippen molar-refractivity contribution < 1.29 is 9.53 Å². The Bertz CT molecular complexity index is 362. The van der Waals surface area contributed by atoms with Crippen LogP contribution in [0.25, 0.3) is 0 Å². The van der Waals surface area contributed by atoms with Crippen LogP contribution in [-0.2, 0) is 4.74 Å². The Morgan fingerprint density at radius 1 is 1.50 bits per heavy atom. The number of methoxy groups -OCH3 is 1. The molecule has 16 heavy (non-hydrogen) atoms. The van der Waals surface area contributed by atoms with Gasteiger partial charge in [0, 0.05) is 7.11 Å². The lowest BCUT2D eigenvalue weighted by atomic mass is 10.1. The van der Waals surface area contributed by atoms with Crippen molar-refractivity contribution in [1.82, 2.24) is 10.2 Å². The van der Waals surface area contributed by atoms with Gasteiger partial charge in [0.15, 0.2) is 5.69 Å². The maximum atomic E-state index is 10.8. The number of aromatic nitrogens is 2. The number of hydrogen-bond donors (Lipinski definition) is 2. The average molecular weight is 224 g/mol. The Hall–Kier alpha value is -1.69. The van der Waals surface area contributed by atoms with Crippen molar-refractivity contribution in [2.75, 3.05) is 19.0 Å². The SMILES string of the molecule is COCC(C)(C)Nc1ccc(C(N)=O)nn1. The third kappa shape index (κ3) is 3.47. The monoisotopic (exact) mass is 224 g/mol. The maximum absolute atomic E-state index is 10.8. The first-order chi connectivity index (χ1) is 7.44. The molecule has 0 saturated carbocycles. The molecule has 0 bridgehead atoms. The van der Waals surface area contributed by atoms with Crippen molar-refractivity contribution in [1.29, 1.82) is 0 Å². The lowest BCUT2D eigenvalue weighted by molar-refractivity contribution is 0.0994. The summed E-state index contributed by atoms with van der Waals surface area (Å²) in [6.45, 7) is 4.48. The molecule has 1 aromatic rings. The molecule has 1 rings (SSSR count). The fraction of sp³-hybridized carbons (Fsp3) is 0.500. The normalized spacial score (nSPS) is 11.2.